The van der Waals surface area contributed by atoms with E-state index >= 15 is 0 Å². The molecule has 1 aromatic carbocycles. The van der Waals surface area contributed by atoms with Crippen LogP contribution in [0, 0.1) is 0 Å². The quantitative estimate of drug-likeness (QED) is 0.588. The lowest BCUT2D eigenvalue weighted by Crippen LogP contribution is -2.25. The van der Waals surface area contributed by atoms with Crippen LogP contribution < -0.4 is 5.32 Å². The standard InChI is InChI=1S/C11H11N2/c1-2-6-11-10(5-1)12-8-9-4-3-7-13(9)11/h1-6,12H,7-8H2/q+1. The third-order valence-corrected chi connectivity index (χ3v) is 2.60. The van der Waals surface area contributed by atoms with Gasteiger partial charge >= 0.3 is 0 Å². The van der Waals surface area contributed by atoms with Crippen molar-refractivity contribution in [3.05, 3.63) is 36.4 Å². The van der Waals surface area contributed by atoms with Crippen molar-refractivity contribution in [2.24, 2.45) is 0 Å². The summed E-state index contributed by atoms with van der Waals surface area (Å²) in [7, 11) is 0. The van der Waals surface area contributed by atoms with E-state index in [0.717, 1.165) is 13.1 Å². The maximum absolute atomic E-state index is 3.40. The molecule has 3 rings (SSSR count). The van der Waals surface area contributed by atoms with Crippen LogP contribution >= 0.6 is 0 Å². The van der Waals surface area contributed by atoms with E-state index in [1.165, 1.54) is 17.1 Å². The molecule has 0 saturated carbocycles. The van der Waals surface area contributed by atoms with Crippen LogP contribution in [-0.4, -0.2) is 23.4 Å². The molecule has 0 saturated heterocycles. The van der Waals surface area contributed by atoms with E-state index in [1.54, 1.807) is 0 Å². The zero-order valence-electron chi connectivity index (χ0n) is 7.33. The molecular weight excluding hydrogens is 160 g/mol. The molecule has 1 N–H and O–H groups in total. The first kappa shape index (κ1) is 6.89. The van der Waals surface area contributed by atoms with Crippen LogP contribution in [0.2, 0.25) is 0 Å². The van der Waals surface area contributed by atoms with Gasteiger partial charge in [-0.2, -0.15) is 4.58 Å². The Morgan fingerprint density at radius 1 is 1.23 bits per heavy atom. The number of fused-ring (bicyclic) bond motifs is 2. The minimum Gasteiger partial charge on any atom is -0.370 e. The van der Waals surface area contributed by atoms with Gasteiger partial charge in [0.05, 0.1) is 0 Å². The molecule has 0 aromatic heterocycles. The lowest BCUT2D eigenvalue weighted by molar-refractivity contribution is -0.424. The fourth-order valence-electron chi connectivity index (χ4n) is 1.95. The van der Waals surface area contributed by atoms with Gasteiger partial charge < -0.3 is 5.32 Å². The van der Waals surface area contributed by atoms with Gasteiger partial charge in [0.2, 0.25) is 11.4 Å². The minimum absolute atomic E-state index is 0.952. The molecular formula is C11H11N2+. The van der Waals surface area contributed by atoms with Crippen molar-refractivity contribution < 1.29 is 4.58 Å². The molecule has 0 radical (unpaired) electrons. The predicted octanol–water partition coefficient (Wildman–Crippen LogP) is 1.77. The summed E-state index contributed by atoms with van der Waals surface area (Å²) in [4.78, 5) is 0. The number of nitrogens with zero attached hydrogens (tertiary/aromatic N) is 1. The Balaban J connectivity index is 2.20. The highest BCUT2D eigenvalue weighted by Gasteiger charge is 2.26. The topological polar surface area (TPSA) is 15.0 Å². The van der Waals surface area contributed by atoms with Gasteiger partial charge in [-0.3, -0.25) is 0 Å². The highest BCUT2D eigenvalue weighted by atomic mass is 15.1. The van der Waals surface area contributed by atoms with Crippen LogP contribution in [0.4, 0.5) is 11.4 Å². The van der Waals surface area contributed by atoms with E-state index < -0.39 is 0 Å². The number of rotatable bonds is 0. The third-order valence-electron chi connectivity index (χ3n) is 2.60. The van der Waals surface area contributed by atoms with E-state index in [1.807, 2.05) is 0 Å². The Kier molecular flexibility index (Phi) is 1.30. The van der Waals surface area contributed by atoms with E-state index in [2.05, 4.69) is 46.3 Å². The zero-order chi connectivity index (χ0) is 8.67. The molecule has 0 unspecified atom stereocenters. The largest absolute Gasteiger partial charge is 0.370 e. The zero-order valence-corrected chi connectivity index (χ0v) is 7.33. The SMILES string of the molecule is C1=CC2=[N+](C1)c1ccccc1NC2. The van der Waals surface area contributed by atoms with Crippen molar-refractivity contribution in [2.45, 2.75) is 0 Å². The van der Waals surface area contributed by atoms with E-state index in [9.17, 15) is 0 Å². The Bertz CT molecular complexity index is 416. The number of anilines is 1. The number of nitrogens with one attached hydrogen (secondary N) is 1. The molecule has 2 aliphatic rings. The molecule has 2 aliphatic heterocycles. The Morgan fingerprint density at radius 3 is 3.15 bits per heavy atom. The van der Waals surface area contributed by atoms with Crippen LogP contribution in [0.25, 0.3) is 0 Å². The van der Waals surface area contributed by atoms with Crippen molar-refractivity contribution in [1.29, 1.82) is 0 Å². The Morgan fingerprint density at radius 2 is 2.15 bits per heavy atom. The Labute approximate surface area is 77.2 Å². The second kappa shape index (κ2) is 2.46. The predicted molar refractivity (Wildman–Crippen MR) is 53.9 cm³/mol. The van der Waals surface area contributed by atoms with Gasteiger partial charge in [0.25, 0.3) is 0 Å². The summed E-state index contributed by atoms with van der Waals surface area (Å²) in [6, 6.07) is 8.45. The van der Waals surface area contributed by atoms with E-state index in [0.29, 0.717) is 0 Å². The molecule has 1 aromatic rings. The summed E-state index contributed by atoms with van der Waals surface area (Å²) in [5, 5.41) is 3.40. The first-order valence-corrected chi connectivity index (χ1v) is 4.58. The molecule has 0 bridgehead atoms. The summed E-state index contributed by atoms with van der Waals surface area (Å²) < 4.78 is 2.35. The smallest absolute Gasteiger partial charge is 0.229 e. The molecule has 13 heavy (non-hydrogen) atoms. The number of benzene rings is 1. The van der Waals surface area contributed by atoms with Crippen LogP contribution in [0.15, 0.2) is 36.4 Å². The molecule has 0 atom stereocenters. The van der Waals surface area contributed by atoms with Crippen LogP contribution in [0.5, 0.6) is 0 Å². The van der Waals surface area contributed by atoms with Gasteiger partial charge in [0.15, 0.2) is 6.54 Å². The molecule has 64 valence electrons. The van der Waals surface area contributed by atoms with Gasteiger partial charge in [-0.1, -0.05) is 12.1 Å². The fourth-order valence-corrected chi connectivity index (χ4v) is 1.95. The average Bonchev–Trinajstić information content (AvgIpc) is 2.65. The van der Waals surface area contributed by atoms with Crippen LogP contribution in [0.1, 0.15) is 0 Å². The van der Waals surface area contributed by atoms with Crippen molar-refractivity contribution in [1.82, 2.24) is 0 Å². The number of hydrogen-bond donors (Lipinski definition) is 1. The lowest BCUT2D eigenvalue weighted by atomic mass is 10.2. The normalized spacial score (nSPS) is 18.2. The van der Waals surface area contributed by atoms with Gasteiger partial charge in [-0.15, -0.1) is 0 Å². The summed E-state index contributed by atoms with van der Waals surface area (Å²) >= 11 is 0. The molecule has 0 spiro atoms. The molecule has 0 fully saturated rings. The second-order valence-electron chi connectivity index (χ2n) is 3.38. The molecule has 0 amide bonds. The van der Waals surface area contributed by atoms with Crippen molar-refractivity contribution in [3.8, 4) is 0 Å². The monoisotopic (exact) mass is 171 g/mol. The molecule has 2 heteroatoms. The number of hydrogen-bond acceptors (Lipinski definition) is 1. The van der Waals surface area contributed by atoms with Crippen LogP contribution in [0.3, 0.4) is 0 Å². The van der Waals surface area contributed by atoms with Crippen LogP contribution in [-0.2, 0) is 0 Å². The maximum Gasteiger partial charge on any atom is 0.229 e. The van der Waals surface area contributed by atoms with Gasteiger partial charge in [-0.25, -0.2) is 0 Å². The highest BCUT2D eigenvalue weighted by molar-refractivity contribution is 5.98. The maximum atomic E-state index is 3.40. The molecule has 2 heterocycles. The molecule has 0 aliphatic carbocycles. The first-order valence-electron chi connectivity index (χ1n) is 4.58. The van der Waals surface area contributed by atoms with Crippen molar-refractivity contribution >= 4 is 17.1 Å². The van der Waals surface area contributed by atoms with Gasteiger partial charge in [0.1, 0.15) is 12.2 Å². The third kappa shape index (κ3) is 0.917. The van der Waals surface area contributed by atoms with E-state index in [4.69, 9.17) is 0 Å². The highest BCUT2D eigenvalue weighted by Crippen LogP contribution is 2.28. The average molecular weight is 171 g/mol. The summed E-state index contributed by atoms with van der Waals surface area (Å²) in [5.41, 5.74) is 3.92. The molecule has 2 nitrogen and oxygen atoms in total. The first-order chi connectivity index (χ1) is 6.45. The van der Waals surface area contributed by atoms with Crippen molar-refractivity contribution in [3.63, 3.8) is 0 Å². The fraction of sp³-hybridized carbons (Fsp3) is 0.182. The number of para-hydroxylation sites is 2. The summed E-state index contributed by atoms with van der Waals surface area (Å²) in [5.74, 6) is 0. The summed E-state index contributed by atoms with van der Waals surface area (Å²) in [6.07, 6.45) is 4.40. The van der Waals surface area contributed by atoms with Crippen molar-refractivity contribution in [2.75, 3.05) is 18.4 Å². The van der Waals surface area contributed by atoms with Gasteiger partial charge in [0, 0.05) is 12.1 Å². The minimum atomic E-state index is 0.952. The van der Waals surface area contributed by atoms with Gasteiger partial charge in [-0.05, 0) is 12.1 Å². The Hall–Kier alpha value is -1.57. The lowest BCUT2D eigenvalue weighted by Gasteiger charge is -2.13. The van der Waals surface area contributed by atoms with E-state index in [-0.39, 0.29) is 0 Å². The second-order valence-corrected chi connectivity index (χ2v) is 3.38. The summed E-state index contributed by atoms with van der Waals surface area (Å²) in [6.45, 7) is 1.97.